The van der Waals surface area contributed by atoms with Crippen LogP contribution in [0.1, 0.15) is 23.7 Å². The summed E-state index contributed by atoms with van der Waals surface area (Å²) in [6.45, 7) is 2.31. The maximum absolute atomic E-state index is 12.9. The average molecular weight is 465 g/mol. The van der Waals surface area contributed by atoms with Gasteiger partial charge in [0.25, 0.3) is 0 Å². The lowest BCUT2D eigenvalue weighted by Gasteiger charge is -2.16. The Morgan fingerprint density at radius 1 is 1.20 bits per heavy atom. The number of nitrogens with zero attached hydrogens (tertiary/aromatic N) is 2. The van der Waals surface area contributed by atoms with Gasteiger partial charge in [-0.25, -0.2) is 4.90 Å². The van der Waals surface area contributed by atoms with Crippen molar-refractivity contribution in [2.45, 2.75) is 18.6 Å². The third-order valence-electron chi connectivity index (χ3n) is 4.14. The van der Waals surface area contributed by atoms with Gasteiger partial charge in [0.05, 0.1) is 11.7 Å². The molecule has 3 rings (SSSR count). The summed E-state index contributed by atoms with van der Waals surface area (Å²) in [7, 11) is 0. The zero-order valence-corrected chi connectivity index (χ0v) is 18.1. The van der Waals surface area contributed by atoms with Crippen LogP contribution in [0.15, 0.2) is 47.5 Å². The number of aromatic carboxylic acids is 1. The van der Waals surface area contributed by atoms with E-state index in [0.717, 1.165) is 16.7 Å². The van der Waals surface area contributed by atoms with Crippen LogP contribution in [0.25, 0.3) is 0 Å². The topological polar surface area (TPSA) is 102 Å². The summed E-state index contributed by atoms with van der Waals surface area (Å²) in [4.78, 5) is 41.6. The number of carbonyl (C=O) groups excluding carboxylic acids is 3. The molecule has 0 radical (unpaired) electrons. The summed E-state index contributed by atoms with van der Waals surface area (Å²) in [6, 6.07) is 10.3. The van der Waals surface area contributed by atoms with Gasteiger partial charge in [-0.05, 0) is 42.8 Å². The van der Waals surface area contributed by atoms with E-state index < -0.39 is 17.1 Å². The van der Waals surface area contributed by atoms with Crippen molar-refractivity contribution < 1.29 is 19.5 Å². The molecule has 156 valence electrons. The molecule has 0 aliphatic carbocycles. The number of aliphatic imine (C=N–C) groups is 1. The molecule has 10 heteroatoms. The minimum absolute atomic E-state index is 0.00749. The number of carbonyl (C=O) groups is 3. The average Bonchev–Trinajstić information content (AvgIpc) is 2.94. The molecule has 0 bridgehead atoms. The molecule has 0 spiro atoms. The second kappa shape index (κ2) is 9.51. The molecule has 1 aliphatic heterocycles. The van der Waals surface area contributed by atoms with Crippen LogP contribution < -0.4 is 15.3 Å². The predicted molar refractivity (Wildman–Crippen MR) is 117 cm³/mol. The monoisotopic (exact) mass is 464 g/mol. The Morgan fingerprint density at radius 3 is 2.40 bits per heavy atom. The largest absolute Gasteiger partial charge is 0.545 e. The Kier molecular flexibility index (Phi) is 7.02. The Morgan fingerprint density at radius 2 is 1.83 bits per heavy atom. The van der Waals surface area contributed by atoms with Gasteiger partial charge in [-0.3, -0.25) is 14.6 Å². The third-order valence-corrected chi connectivity index (χ3v) is 5.68. The van der Waals surface area contributed by atoms with Crippen molar-refractivity contribution in [1.29, 1.82) is 0 Å². The normalized spacial score (nSPS) is 16.8. The van der Waals surface area contributed by atoms with Crippen LogP contribution in [0.3, 0.4) is 0 Å². The molecule has 2 aromatic carbocycles. The van der Waals surface area contributed by atoms with Gasteiger partial charge in [0, 0.05) is 28.7 Å². The first-order valence-electron chi connectivity index (χ1n) is 8.91. The molecule has 0 saturated carbocycles. The van der Waals surface area contributed by atoms with Crippen LogP contribution in [0.5, 0.6) is 0 Å². The van der Waals surface area contributed by atoms with E-state index in [-0.39, 0.29) is 17.9 Å². The van der Waals surface area contributed by atoms with E-state index in [9.17, 15) is 19.5 Å². The number of hydrogen-bond acceptors (Lipinski definition) is 6. The zero-order chi connectivity index (χ0) is 21.8. The molecular formula is C20H16Cl2N3O4S-. The van der Waals surface area contributed by atoms with Crippen molar-refractivity contribution in [2.75, 3.05) is 16.8 Å². The van der Waals surface area contributed by atoms with Gasteiger partial charge in [0.2, 0.25) is 11.8 Å². The van der Waals surface area contributed by atoms with Gasteiger partial charge in [-0.2, -0.15) is 0 Å². The molecule has 2 amide bonds. The number of hydrogen-bond donors (Lipinski definition) is 1. The molecule has 2 aromatic rings. The maximum Gasteiger partial charge on any atom is 0.247 e. The van der Waals surface area contributed by atoms with Crippen LogP contribution in [-0.2, 0) is 9.59 Å². The highest BCUT2D eigenvalue weighted by molar-refractivity contribution is 8.15. The SMILES string of the molecule is CCN=C(Nc1cc(Cl)cc(Cl)c1)S[C@@H]1CC(=O)N(c2ccc(C(=O)[O-])cc2)C1=O. The number of amides is 2. The number of anilines is 2. The van der Waals surface area contributed by atoms with E-state index in [1.54, 1.807) is 18.2 Å². The molecule has 1 heterocycles. The van der Waals surface area contributed by atoms with Gasteiger partial charge in [-0.1, -0.05) is 47.1 Å². The molecule has 1 atom stereocenters. The highest BCUT2D eigenvalue weighted by Gasteiger charge is 2.40. The zero-order valence-electron chi connectivity index (χ0n) is 15.7. The van der Waals surface area contributed by atoms with E-state index in [1.165, 1.54) is 24.3 Å². The van der Waals surface area contributed by atoms with Crippen LogP contribution in [0.2, 0.25) is 10.0 Å². The quantitative estimate of drug-likeness (QED) is 0.414. The Hall–Kier alpha value is -2.55. The third kappa shape index (κ3) is 5.13. The number of halogens is 2. The van der Waals surface area contributed by atoms with Gasteiger partial charge < -0.3 is 15.2 Å². The highest BCUT2D eigenvalue weighted by Crippen LogP contribution is 2.31. The Labute approximate surface area is 187 Å². The summed E-state index contributed by atoms with van der Waals surface area (Å²) in [5.74, 6) is -2.11. The Balaban J connectivity index is 1.76. The van der Waals surface area contributed by atoms with Gasteiger partial charge in [-0.15, -0.1) is 0 Å². The summed E-state index contributed by atoms with van der Waals surface area (Å²) in [5, 5.41) is 14.7. The lowest BCUT2D eigenvalue weighted by atomic mass is 10.2. The number of imide groups is 1. The number of benzene rings is 2. The van der Waals surface area contributed by atoms with E-state index in [1.807, 2.05) is 6.92 Å². The van der Waals surface area contributed by atoms with Crippen molar-refractivity contribution in [3.05, 3.63) is 58.1 Å². The highest BCUT2D eigenvalue weighted by atomic mass is 35.5. The van der Waals surface area contributed by atoms with Crippen molar-refractivity contribution in [3.63, 3.8) is 0 Å². The van der Waals surface area contributed by atoms with Crippen LogP contribution in [0.4, 0.5) is 11.4 Å². The first-order valence-corrected chi connectivity index (χ1v) is 10.5. The van der Waals surface area contributed by atoms with Crippen molar-refractivity contribution in [2.24, 2.45) is 4.99 Å². The molecule has 30 heavy (non-hydrogen) atoms. The molecule has 1 N–H and O–H groups in total. The van der Waals surface area contributed by atoms with E-state index >= 15 is 0 Å². The second-order valence-corrected chi connectivity index (χ2v) is 8.34. The van der Waals surface area contributed by atoms with Crippen molar-refractivity contribution >= 4 is 69.3 Å². The van der Waals surface area contributed by atoms with Crippen molar-refractivity contribution in [3.8, 4) is 0 Å². The maximum atomic E-state index is 12.9. The fourth-order valence-electron chi connectivity index (χ4n) is 2.85. The van der Waals surface area contributed by atoms with E-state index in [0.29, 0.717) is 33.1 Å². The first-order chi connectivity index (χ1) is 14.3. The lowest BCUT2D eigenvalue weighted by molar-refractivity contribution is -0.255. The number of carboxylic acid groups (broad SMARTS) is 1. The fraction of sp³-hybridized carbons (Fsp3) is 0.200. The van der Waals surface area contributed by atoms with Gasteiger partial charge in [0.15, 0.2) is 5.17 Å². The minimum Gasteiger partial charge on any atom is -0.545 e. The summed E-state index contributed by atoms with van der Waals surface area (Å²) < 4.78 is 0. The standard InChI is InChI=1S/C20H17Cl2N3O4S/c1-2-23-20(24-14-8-12(21)7-13(22)9-14)30-16-10-17(26)25(18(16)27)15-5-3-11(4-6-15)19(28)29/h3-9,16H,2,10H2,1H3,(H,23,24)(H,28,29)/p-1/t16-/m1/s1. The smallest absolute Gasteiger partial charge is 0.247 e. The lowest BCUT2D eigenvalue weighted by Crippen LogP contribution is -2.32. The molecule has 0 aromatic heterocycles. The molecule has 7 nitrogen and oxygen atoms in total. The van der Waals surface area contributed by atoms with Crippen LogP contribution >= 0.6 is 35.0 Å². The number of thioether (sulfide) groups is 1. The van der Waals surface area contributed by atoms with Gasteiger partial charge >= 0.3 is 0 Å². The van der Waals surface area contributed by atoms with Crippen LogP contribution in [-0.4, -0.2) is 34.7 Å². The van der Waals surface area contributed by atoms with Crippen LogP contribution in [0, 0.1) is 0 Å². The predicted octanol–water partition coefficient (Wildman–Crippen LogP) is 3.21. The molecule has 1 fully saturated rings. The summed E-state index contributed by atoms with van der Waals surface area (Å²) in [5.41, 5.74) is 0.880. The minimum atomic E-state index is -1.33. The molecule has 0 unspecified atom stereocenters. The number of rotatable bonds is 5. The van der Waals surface area contributed by atoms with Crippen molar-refractivity contribution in [1.82, 2.24) is 0 Å². The summed E-state index contributed by atoms with van der Waals surface area (Å²) >= 11 is 13.2. The molecule has 1 aliphatic rings. The van der Waals surface area contributed by atoms with E-state index in [4.69, 9.17) is 23.2 Å². The number of amidine groups is 1. The van der Waals surface area contributed by atoms with E-state index in [2.05, 4.69) is 10.3 Å². The Bertz CT molecular complexity index is 1010. The number of carboxylic acids is 1. The first kappa shape index (κ1) is 22.1. The molecule has 1 saturated heterocycles. The number of nitrogens with one attached hydrogen (secondary N) is 1. The molecular weight excluding hydrogens is 449 g/mol. The fourth-order valence-corrected chi connectivity index (χ4v) is 4.46. The second-order valence-electron chi connectivity index (χ2n) is 6.27. The van der Waals surface area contributed by atoms with Gasteiger partial charge in [0.1, 0.15) is 5.25 Å². The summed E-state index contributed by atoms with van der Waals surface area (Å²) in [6.07, 6.45) is -0.00749.